The third-order valence-electron chi connectivity index (χ3n) is 7.06. The molecule has 5 rings (SSSR count). The maximum atomic E-state index is 12.5. The highest BCUT2D eigenvalue weighted by Gasteiger charge is 2.51. The van der Waals surface area contributed by atoms with Crippen LogP contribution in [0.15, 0.2) is 42.7 Å². The highest BCUT2D eigenvalue weighted by Crippen LogP contribution is 2.54. The van der Waals surface area contributed by atoms with Gasteiger partial charge in [0.2, 0.25) is 0 Å². The van der Waals surface area contributed by atoms with Crippen molar-refractivity contribution >= 4 is 17.8 Å². The molecule has 10 nitrogen and oxygen atoms in total. The highest BCUT2D eigenvalue weighted by atomic mass is 16.6. The minimum atomic E-state index is -0.615. The normalized spacial score (nSPS) is 21.5. The van der Waals surface area contributed by atoms with Crippen molar-refractivity contribution in [3.05, 3.63) is 53.9 Å². The van der Waals surface area contributed by atoms with Gasteiger partial charge in [0, 0.05) is 24.8 Å². The second kappa shape index (κ2) is 8.69. The van der Waals surface area contributed by atoms with Crippen LogP contribution >= 0.6 is 0 Å². The maximum Gasteiger partial charge on any atom is 0.410 e. The molecule has 1 saturated heterocycles. The zero-order valence-corrected chi connectivity index (χ0v) is 21.0. The molecule has 2 amide bonds. The van der Waals surface area contributed by atoms with Gasteiger partial charge in [0.1, 0.15) is 22.7 Å². The zero-order chi connectivity index (χ0) is 25.7. The molecule has 1 spiro atoms. The van der Waals surface area contributed by atoms with Crippen molar-refractivity contribution in [2.24, 2.45) is 11.1 Å². The summed E-state index contributed by atoms with van der Waals surface area (Å²) in [4.78, 5) is 26.6. The number of nitrogens with two attached hydrogens (primary N) is 2. The van der Waals surface area contributed by atoms with Gasteiger partial charge >= 0.3 is 6.09 Å². The average Bonchev–Trinajstić information content (AvgIpc) is 3.49. The Labute approximate surface area is 210 Å². The van der Waals surface area contributed by atoms with E-state index in [1.165, 1.54) is 0 Å². The number of nitrogen functional groups attached to an aromatic ring is 1. The van der Waals surface area contributed by atoms with E-state index in [-0.39, 0.29) is 28.9 Å². The van der Waals surface area contributed by atoms with Crippen molar-refractivity contribution in [3.8, 4) is 11.3 Å². The molecule has 3 heterocycles. The lowest BCUT2D eigenvalue weighted by molar-refractivity contribution is 0.0187. The number of rotatable bonds is 5. The van der Waals surface area contributed by atoms with E-state index in [1.54, 1.807) is 20.5 Å². The van der Waals surface area contributed by atoms with E-state index >= 15 is 0 Å². The van der Waals surface area contributed by atoms with E-state index in [1.807, 2.05) is 57.3 Å². The molecule has 10 heteroatoms. The minimum Gasteiger partial charge on any atom is -0.444 e. The van der Waals surface area contributed by atoms with Gasteiger partial charge in [-0.05, 0) is 51.0 Å². The third-order valence-corrected chi connectivity index (χ3v) is 7.06. The first-order valence-electron chi connectivity index (χ1n) is 12.3. The lowest BCUT2D eigenvalue weighted by atomic mass is 9.65. The van der Waals surface area contributed by atoms with Gasteiger partial charge in [-0.15, -0.1) is 0 Å². The molecule has 1 saturated carbocycles. The maximum absolute atomic E-state index is 12.5. The molecular weight excluding hydrogens is 458 g/mol. The summed E-state index contributed by atoms with van der Waals surface area (Å²) in [7, 11) is 0. The number of primary amides is 1. The number of carbonyl (C=O) groups excluding carboxylic acids is 2. The summed E-state index contributed by atoms with van der Waals surface area (Å²) in [5.74, 6) is -0.342. The van der Waals surface area contributed by atoms with E-state index < -0.39 is 11.5 Å². The molecule has 2 aromatic heterocycles. The molecule has 0 bridgehead atoms. The molecule has 2 aliphatic rings. The molecule has 1 aliphatic heterocycles. The fourth-order valence-corrected chi connectivity index (χ4v) is 5.38. The summed E-state index contributed by atoms with van der Waals surface area (Å²) in [6, 6.07) is 10.0. The zero-order valence-electron chi connectivity index (χ0n) is 21.0. The molecule has 0 radical (unpaired) electrons. The Balaban J connectivity index is 1.32. The minimum absolute atomic E-state index is 0.0214. The van der Waals surface area contributed by atoms with Crippen LogP contribution in [-0.4, -0.2) is 55.2 Å². The number of carbonyl (C=O) groups is 2. The van der Waals surface area contributed by atoms with Crippen LogP contribution in [0.25, 0.3) is 11.3 Å². The number of anilines is 1. The van der Waals surface area contributed by atoms with E-state index in [2.05, 4.69) is 5.10 Å². The van der Waals surface area contributed by atoms with E-state index in [0.717, 1.165) is 24.8 Å². The van der Waals surface area contributed by atoms with Gasteiger partial charge in [0.05, 0.1) is 18.8 Å². The van der Waals surface area contributed by atoms with Gasteiger partial charge in [-0.1, -0.05) is 30.3 Å². The molecule has 0 atom stereocenters. The smallest absolute Gasteiger partial charge is 0.410 e. The van der Waals surface area contributed by atoms with Gasteiger partial charge in [-0.3, -0.25) is 9.48 Å². The van der Waals surface area contributed by atoms with Gasteiger partial charge in [0.15, 0.2) is 0 Å². The van der Waals surface area contributed by atoms with Crippen molar-refractivity contribution in [1.82, 2.24) is 24.5 Å². The van der Waals surface area contributed by atoms with Crippen LogP contribution in [0.2, 0.25) is 0 Å². The van der Waals surface area contributed by atoms with Crippen LogP contribution in [0, 0.1) is 5.41 Å². The summed E-state index contributed by atoms with van der Waals surface area (Å²) in [5, 5.41) is 9.17. The fraction of sp³-hybridized carbons (Fsp3) is 0.462. The van der Waals surface area contributed by atoms with Crippen LogP contribution < -0.4 is 11.5 Å². The van der Waals surface area contributed by atoms with Crippen molar-refractivity contribution in [2.75, 3.05) is 18.8 Å². The van der Waals surface area contributed by atoms with Gasteiger partial charge in [-0.25, -0.2) is 9.48 Å². The Hall–Kier alpha value is -3.82. The first kappa shape index (κ1) is 23.9. The second-order valence-corrected chi connectivity index (χ2v) is 11.0. The van der Waals surface area contributed by atoms with Gasteiger partial charge in [-0.2, -0.15) is 10.2 Å². The topological polar surface area (TPSA) is 134 Å². The number of likely N-dealkylation sites (tertiary alicyclic amines) is 1. The van der Waals surface area contributed by atoms with Crippen molar-refractivity contribution in [1.29, 1.82) is 0 Å². The number of hydrogen-bond donors (Lipinski definition) is 2. The quantitative estimate of drug-likeness (QED) is 0.561. The van der Waals surface area contributed by atoms with Crippen LogP contribution in [-0.2, 0) is 11.3 Å². The summed E-state index contributed by atoms with van der Waals surface area (Å²) in [6.45, 7) is 7.54. The third kappa shape index (κ3) is 4.55. The standard InChI is InChI=1S/C26H33N7O3/c1-25(2,3)36-24(35)31-10-9-26(16-31)11-19(12-26)33-22(27)20(23(28)34)21(30-33)18-13-29-32(15-18)14-17-7-5-4-6-8-17/h4-8,13,15,19H,9-12,14,16,27H2,1-3H3,(H2,28,34). The van der Waals surface area contributed by atoms with Gasteiger partial charge < -0.3 is 21.1 Å². The van der Waals surface area contributed by atoms with Crippen molar-refractivity contribution in [2.45, 2.75) is 58.2 Å². The van der Waals surface area contributed by atoms with Gasteiger partial charge in [0.25, 0.3) is 5.91 Å². The Morgan fingerprint density at radius 1 is 1.19 bits per heavy atom. The fourth-order valence-electron chi connectivity index (χ4n) is 5.38. The number of ether oxygens (including phenoxy) is 1. The van der Waals surface area contributed by atoms with Crippen LogP contribution in [0.4, 0.5) is 10.6 Å². The summed E-state index contributed by atoms with van der Waals surface area (Å²) < 4.78 is 9.06. The largest absolute Gasteiger partial charge is 0.444 e. The number of hydrogen-bond acceptors (Lipinski definition) is 6. The van der Waals surface area contributed by atoms with Crippen LogP contribution in [0.3, 0.4) is 0 Å². The molecule has 190 valence electrons. The molecule has 4 N–H and O–H groups in total. The number of amides is 2. The SMILES string of the molecule is CC(C)(C)OC(=O)N1CCC2(CC(n3nc(-c4cnn(Cc5ccccc5)c4)c(C(N)=O)c3N)C2)C1. The lowest BCUT2D eigenvalue weighted by Crippen LogP contribution is -2.43. The Morgan fingerprint density at radius 2 is 1.92 bits per heavy atom. The predicted molar refractivity (Wildman–Crippen MR) is 135 cm³/mol. The molecule has 36 heavy (non-hydrogen) atoms. The molecule has 3 aromatic rings. The highest BCUT2D eigenvalue weighted by molar-refractivity contribution is 6.03. The second-order valence-electron chi connectivity index (χ2n) is 11.0. The summed E-state index contributed by atoms with van der Waals surface area (Å²) in [5.41, 5.74) is 14.1. The summed E-state index contributed by atoms with van der Waals surface area (Å²) in [6.07, 6.45) is 5.81. The molecule has 1 aliphatic carbocycles. The number of nitrogens with zero attached hydrogens (tertiary/aromatic N) is 5. The van der Waals surface area contributed by atoms with Crippen molar-refractivity contribution in [3.63, 3.8) is 0 Å². The van der Waals surface area contributed by atoms with Crippen LogP contribution in [0.5, 0.6) is 0 Å². The number of benzene rings is 1. The first-order chi connectivity index (χ1) is 17.0. The molecule has 1 aromatic carbocycles. The Kier molecular flexibility index (Phi) is 5.77. The molecule has 2 fully saturated rings. The van der Waals surface area contributed by atoms with E-state index in [4.69, 9.17) is 21.3 Å². The van der Waals surface area contributed by atoms with E-state index in [9.17, 15) is 9.59 Å². The first-order valence-corrected chi connectivity index (χ1v) is 12.3. The molecule has 0 unspecified atom stereocenters. The Bertz CT molecular complexity index is 1280. The summed E-state index contributed by atoms with van der Waals surface area (Å²) >= 11 is 0. The lowest BCUT2D eigenvalue weighted by Gasteiger charge is -2.45. The van der Waals surface area contributed by atoms with Crippen molar-refractivity contribution < 1.29 is 14.3 Å². The van der Waals surface area contributed by atoms with E-state index in [0.29, 0.717) is 30.9 Å². The average molecular weight is 492 g/mol. The molecular formula is C26H33N7O3. The monoisotopic (exact) mass is 491 g/mol. The Morgan fingerprint density at radius 3 is 2.58 bits per heavy atom. The predicted octanol–water partition coefficient (Wildman–Crippen LogP) is 3.44. The van der Waals surface area contributed by atoms with Crippen LogP contribution in [0.1, 0.15) is 62.0 Å². The number of aromatic nitrogens is 4.